The van der Waals surface area contributed by atoms with Crippen LogP contribution in [0.2, 0.25) is 0 Å². The van der Waals surface area contributed by atoms with Crippen LogP contribution >= 0.6 is 0 Å². The number of carbonyl (C=O) groups excluding carboxylic acids is 2. The SMILES string of the molecule is CC/C=C\C/C=C\C/C=C\C/C=C\C/C=C\CC(=O)OC(CO)COC(=O)CCCCCCCCC/C=C\C/C=C\CCCCC. The molecule has 0 aliphatic carbocycles. The second kappa shape index (κ2) is 36.5. The summed E-state index contributed by atoms with van der Waals surface area (Å²) in [6.07, 6.45) is 49.4. The number of esters is 2. The highest BCUT2D eigenvalue weighted by atomic mass is 16.6. The number of allylic oxidation sites excluding steroid dienone is 13. The zero-order valence-electron chi connectivity index (χ0n) is 29.3. The number of hydrogen-bond donors (Lipinski definition) is 1. The molecule has 0 saturated heterocycles. The summed E-state index contributed by atoms with van der Waals surface area (Å²) in [5.74, 6) is -0.757. The van der Waals surface area contributed by atoms with Gasteiger partial charge in [0.1, 0.15) is 6.61 Å². The van der Waals surface area contributed by atoms with Gasteiger partial charge in [-0.1, -0.05) is 144 Å². The Labute approximate surface area is 282 Å². The molecule has 0 fully saturated rings. The molecule has 5 heteroatoms. The lowest BCUT2D eigenvalue weighted by Crippen LogP contribution is -2.28. The highest BCUT2D eigenvalue weighted by Gasteiger charge is 2.15. The summed E-state index contributed by atoms with van der Waals surface area (Å²) in [7, 11) is 0. The van der Waals surface area contributed by atoms with Gasteiger partial charge < -0.3 is 14.6 Å². The molecule has 1 N–H and O–H groups in total. The van der Waals surface area contributed by atoms with Gasteiger partial charge in [0.25, 0.3) is 0 Å². The van der Waals surface area contributed by atoms with Crippen molar-refractivity contribution in [2.75, 3.05) is 13.2 Å². The van der Waals surface area contributed by atoms with Crippen molar-refractivity contribution in [1.82, 2.24) is 0 Å². The largest absolute Gasteiger partial charge is 0.462 e. The van der Waals surface area contributed by atoms with Crippen LogP contribution in [0.1, 0.15) is 142 Å². The summed E-state index contributed by atoms with van der Waals surface area (Å²) >= 11 is 0. The van der Waals surface area contributed by atoms with Crippen molar-refractivity contribution in [1.29, 1.82) is 0 Å². The average Bonchev–Trinajstić information content (AvgIpc) is 3.06. The van der Waals surface area contributed by atoms with Gasteiger partial charge in [0, 0.05) is 6.42 Å². The number of ether oxygens (including phenoxy) is 2. The van der Waals surface area contributed by atoms with Crippen molar-refractivity contribution >= 4 is 11.9 Å². The van der Waals surface area contributed by atoms with Crippen molar-refractivity contribution in [3.63, 3.8) is 0 Å². The molecule has 0 amide bonds. The van der Waals surface area contributed by atoms with Crippen LogP contribution in [0.15, 0.2) is 85.1 Å². The van der Waals surface area contributed by atoms with Crippen molar-refractivity contribution in [3.05, 3.63) is 85.1 Å². The Balaban J connectivity index is 3.74. The lowest BCUT2D eigenvalue weighted by molar-refractivity contribution is -0.160. The second-order valence-corrected chi connectivity index (χ2v) is 11.6. The third kappa shape index (κ3) is 34.0. The van der Waals surface area contributed by atoms with E-state index in [-0.39, 0.29) is 25.6 Å². The molecule has 46 heavy (non-hydrogen) atoms. The van der Waals surface area contributed by atoms with E-state index in [0.717, 1.165) is 64.2 Å². The number of unbranched alkanes of at least 4 members (excludes halogenated alkanes) is 10. The molecule has 0 spiro atoms. The highest BCUT2D eigenvalue weighted by Crippen LogP contribution is 2.11. The maximum absolute atomic E-state index is 12.1. The topological polar surface area (TPSA) is 72.8 Å². The normalized spacial score (nSPS) is 13.2. The molecule has 0 heterocycles. The monoisotopic (exact) mass is 638 g/mol. The van der Waals surface area contributed by atoms with Gasteiger partial charge in [-0.05, 0) is 70.6 Å². The Morgan fingerprint density at radius 3 is 1.52 bits per heavy atom. The Kier molecular flexibility index (Phi) is 34.2. The van der Waals surface area contributed by atoms with Crippen molar-refractivity contribution in [2.24, 2.45) is 0 Å². The first-order valence-corrected chi connectivity index (χ1v) is 18.1. The maximum atomic E-state index is 12.1. The second-order valence-electron chi connectivity index (χ2n) is 11.6. The molecule has 0 aliphatic rings. The molecule has 0 saturated carbocycles. The minimum atomic E-state index is -0.832. The summed E-state index contributed by atoms with van der Waals surface area (Å²) in [6, 6.07) is 0. The predicted molar refractivity (Wildman–Crippen MR) is 196 cm³/mol. The van der Waals surface area contributed by atoms with Crippen LogP contribution in [0.3, 0.4) is 0 Å². The van der Waals surface area contributed by atoms with Crippen LogP contribution in [0.5, 0.6) is 0 Å². The van der Waals surface area contributed by atoms with Gasteiger partial charge in [-0.2, -0.15) is 0 Å². The predicted octanol–water partition coefficient (Wildman–Crippen LogP) is 11.2. The molecule has 0 aliphatic heterocycles. The quantitative estimate of drug-likeness (QED) is 0.0465. The zero-order chi connectivity index (χ0) is 33.6. The third-order valence-electron chi connectivity index (χ3n) is 7.21. The van der Waals surface area contributed by atoms with Gasteiger partial charge in [-0.15, -0.1) is 0 Å². The van der Waals surface area contributed by atoms with E-state index < -0.39 is 12.1 Å². The molecule has 1 atom stereocenters. The van der Waals surface area contributed by atoms with E-state index in [0.29, 0.717) is 6.42 Å². The summed E-state index contributed by atoms with van der Waals surface area (Å²) in [5.41, 5.74) is 0. The zero-order valence-corrected chi connectivity index (χ0v) is 29.3. The van der Waals surface area contributed by atoms with E-state index in [2.05, 4.69) is 86.8 Å². The third-order valence-corrected chi connectivity index (χ3v) is 7.21. The Morgan fingerprint density at radius 2 is 1.00 bits per heavy atom. The summed E-state index contributed by atoms with van der Waals surface area (Å²) in [6.45, 7) is 3.88. The standard InChI is InChI=1S/C41H66O5/c1-3-5-7-9-11-13-15-17-19-20-22-23-25-27-29-31-33-35-40(43)45-38-39(37-42)46-41(44)36-34-32-30-28-26-24-21-18-16-14-12-10-8-6-4-2/h6,8,11-14,17-19,21,26,28,32,34,39,42H,3-5,7,9-10,15-16,20,22-25,27,29-31,33,35-38H2,1-2H3/b8-6-,13-11-,14-12-,19-17-,21-18-,28-26-,34-32-. The molecule has 0 aromatic carbocycles. The van der Waals surface area contributed by atoms with Crippen LogP contribution in [-0.2, 0) is 19.1 Å². The lowest BCUT2D eigenvalue weighted by atomic mass is 10.1. The van der Waals surface area contributed by atoms with Crippen LogP contribution in [0.4, 0.5) is 0 Å². The van der Waals surface area contributed by atoms with Crippen LogP contribution < -0.4 is 0 Å². The first-order valence-electron chi connectivity index (χ1n) is 18.1. The van der Waals surface area contributed by atoms with E-state index in [9.17, 15) is 14.7 Å². The van der Waals surface area contributed by atoms with E-state index in [1.165, 1.54) is 51.4 Å². The lowest BCUT2D eigenvalue weighted by Gasteiger charge is -2.15. The fourth-order valence-corrected chi connectivity index (χ4v) is 4.48. The molecule has 0 aromatic heterocycles. The molecule has 0 rings (SSSR count). The van der Waals surface area contributed by atoms with Gasteiger partial charge >= 0.3 is 11.9 Å². The summed E-state index contributed by atoms with van der Waals surface area (Å²) in [4.78, 5) is 24.1. The number of aliphatic hydroxyl groups is 1. The van der Waals surface area contributed by atoms with Gasteiger partial charge in [0.05, 0.1) is 13.0 Å². The smallest absolute Gasteiger partial charge is 0.310 e. The van der Waals surface area contributed by atoms with E-state index in [1.54, 1.807) is 6.08 Å². The van der Waals surface area contributed by atoms with Crippen LogP contribution in [0, 0.1) is 0 Å². The van der Waals surface area contributed by atoms with Crippen LogP contribution in [0.25, 0.3) is 0 Å². The summed E-state index contributed by atoms with van der Waals surface area (Å²) in [5, 5.41) is 9.51. The molecular weight excluding hydrogens is 572 g/mol. The van der Waals surface area contributed by atoms with Gasteiger partial charge in [0.2, 0.25) is 0 Å². The molecular formula is C41H66O5. The van der Waals surface area contributed by atoms with Crippen molar-refractivity contribution in [3.8, 4) is 0 Å². The molecule has 0 radical (unpaired) electrons. The Morgan fingerprint density at radius 1 is 0.543 bits per heavy atom. The maximum Gasteiger partial charge on any atom is 0.310 e. The minimum Gasteiger partial charge on any atom is -0.462 e. The van der Waals surface area contributed by atoms with E-state index in [1.807, 2.05) is 6.08 Å². The fraction of sp³-hybridized carbons (Fsp3) is 0.610. The van der Waals surface area contributed by atoms with Gasteiger partial charge in [0.15, 0.2) is 6.10 Å². The molecule has 0 bridgehead atoms. The number of carbonyl (C=O) groups is 2. The first-order chi connectivity index (χ1) is 22.6. The Hall–Kier alpha value is -2.92. The fourth-order valence-electron chi connectivity index (χ4n) is 4.48. The van der Waals surface area contributed by atoms with E-state index >= 15 is 0 Å². The molecule has 0 aromatic rings. The van der Waals surface area contributed by atoms with Gasteiger partial charge in [-0.25, -0.2) is 0 Å². The Bertz CT molecular complexity index is 906. The highest BCUT2D eigenvalue weighted by molar-refractivity contribution is 5.71. The number of aliphatic hydroxyl groups excluding tert-OH is 1. The van der Waals surface area contributed by atoms with Crippen molar-refractivity contribution < 1.29 is 24.2 Å². The summed E-state index contributed by atoms with van der Waals surface area (Å²) < 4.78 is 10.5. The molecule has 260 valence electrons. The molecule has 1 unspecified atom stereocenters. The average molecular weight is 639 g/mol. The van der Waals surface area contributed by atoms with Crippen molar-refractivity contribution in [2.45, 2.75) is 148 Å². The number of hydrogen-bond acceptors (Lipinski definition) is 5. The number of rotatable bonds is 31. The van der Waals surface area contributed by atoms with Gasteiger partial charge in [-0.3, -0.25) is 9.59 Å². The molecule has 5 nitrogen and oxygen atoms in total. The first kappa shape index (κ1) is 43.1. The van der Waals surface area contributed by atoms with Crippen LogP contribution in [-0.4, -0.2) is 36.4 Å². The minimum absolute atomic E-state index is 0.115. The van der Waals surface area contributed by atoms with E-state index in [4.69, 9.17) is 9.47 Å².